The lowest BCUT2D eigenvalue weighted by atomic mass is 10.2. The monoisotopic (exact) mass is 275 g/mol. The predicted molar refractivity (Wildman–Crippen MR) is 76.6 cm³/mol. The number of aromatic nitrogens is 2. The van der Waals surface area contributed by atoms with Crippen LogP contribution in [0.25, 0.3) is 0 Å². The molecule has 0 aromatic carbocycles. The molecule has 2 aliphatic rings. The zero-order valence-corrected chi connectivity index (χ0v) is 11.7. The molecule has 1 amide bonds. The molecule has 0 radical (unpaired) electrons. The third kappa shape index (κ3) is 2.75. The van der Waals surface area contributed by atoms with Crippen LogP contribution in [-0.4, -0.2) is 53.0 Å². The van der Waals surface area contributed by atoms with Crippen molar-refractivity contribution < 1.29 is 4.79 Å². The van der Waals surface area contributed by atoms with Crippen molar-refractivity contribution in [2.24, 2.45) is 5.73 Å². The van der Waals surface area contributed by atoms with E-state index in [0.717, 1.165) is 38.0 Å². The van der Waals surface area contributed by atoms with Gasteiger partial charge in [0.1, 0.15) is 5.82 Å². The molecule has 0 atom stereocenters. The number of primary amides is 1. The molecule has 2 heterocycles. The molecule has 3 rings (SSSR count). The Bertz CT molecular complexity index is 478. The molecule has 1 saturated carbocycles. The third-order valence-electron chi connectivity index (χ3n) is 4.34. The summed E-state index contributed by atoms with van der Waals surface area (Å²) in [5.74, 6) is 0.331. The number of hydrogen-bond acceptors (Lipinski definition) is 5. The summed E-state index contributed by atoms with van der Waals surface area (Å²) in [5, 5.41) is 0. The molecule has 2 fully saturated rings. The van der Waals surface area contributed by atoms with Crippen LogP contribution >= 0.6 is 0 Å². The highest BCUT2D eigenvalue weighted by molar-refractivity contribution is 5.89. The topological polar surface area (TPSA) is 75.4 Å². The number of carbonyl (C=O) groups excluding carboxylic acids is 1. The molecule has 1 aromatic heterocycles. The summed E-state index contributed by atoms with van der Waals surface area (Å²) >= 11 is 0. The van der Waals surface area contributed by atoms with Gasteiger partial charge < -0.3 is 10.6 Å². The number of carbonyl (C=O) groups is 1. The standard InChI is InChI=1S/C14H21N5O/c15-13(20)14-16-6-5-12(17-14)19-9-7-18(8-10-19)11-3-1-2-4-11/h5-6,11H,1-4,7-10H2,(H2,15,20). The van der Waals surface area contributed by atoms with Gasteiger partial charge in [0.15, 0.2) is 0 Å². The first-order valence-corrected chi connectivity index (χ1v) is 7.36. The van der Waals surface area contributed by atoms with Crippen LogP contribution in [0.15, 0.2) is 12.3 Å². The fourth-order valence-electron chi connectivity index (χ4n) is 3.23. The Hall–Kier alpha value is -1.69. The molecule has 1 saturated heterocycles. The van der Waals surface area contributed by atoms with Gasteiger partial charge in [-0.25, -0.2) is 9.97 Å². The Morgan fingerprint density at radius 2 is 1.90 bits per heavy atom. The second kappa shape index (κ2) is 5.75. The van der Waals surface area contributed by atoms with E-state index >= 15 is 0 Å². The zero-order valence-electron chi connectivity index (χ0n) is 11.7. The second-order valence-electron chi connectivity index (χ2n) is 5.56. The van der Waals surface area contributed by atoms with E-state index in [9.17, 15) is 4.79 Å². The first-order chi connectivity index (χ1) is 9.74. The van der Waals surface area contributed by atoms with Gasteiger partial charge >= 0.3 is 0 Å². The van der Waals surface area contributed by atoms with Crippen LogP contribution in [0, 0.1) is 0 Å². The molecule has 2 N–H and O–H groups in total. The van der Waals surface area contributed by atoms with Crippen molar-refractivity contribution in [2.45, 2.75) is 31.7 Å². The van der Waals surface area contributed by atoms with Crippen LogP contribution in [0.4, 0.5) is 5.82 Å². The Labute approximate surface area is 119 Å². The van der Waals surface area contributed by atoms with E-state index in [4.69, 9.17) is 5.73 Å². The minimum absolute atomic E-state index is 0.0979. The maximum absolute atomic E-state index is 11.1. The Morgan fingerprint density at radius 1 is 1.20 bits per heavy atom. The van der Waals surface area contributed by atoms with Crippen molar-refractivity contribution in [3.05, 3.63) is 18.1 Å². The maximum atomic E-state index is 11.1. The third-order valence-corrected chi connectivity index (χ3v) is 4.34. The van der Waals surface area contributed by atoms with Crippen molar-refractivity contribution in [1.82, 2.24) is 14.9 Å². The van der Waals surface area contributed by atoms with Crippen LogP contribution < -0.4 is 10.6 Å². The van der Waals surface area contributed by atoms with Gasteiger partial charge in [-0.05, 0) is 18.9 Å². The summed E-state index contributed by atoms with van der Waals surface area (Å²) in [4.78, 5) is 24.1. The summed E-state index contributed by atoms with van der Waals surface area (Å²) in [5.41, 5.74) is 5.23. The van der Waals surface area contributed by atoms with Gasteiger partial charge in [-0.1, -0.05) is 12.8 Å². The number of anilines is 1. The molecule has 0 unspecified atom stereocenters. The highest BCUT2D eigenvalue weighted by Gasteiger charge is 2.26. The number of piperazine rings is 1. The van der Waals surface area contributed by atoms with E-state index in [2.05, 4.69) is 19.8 Å². The molecule has 6 nitrogen and oxygen atoms in total. The molecule has 1 aliphatic heterocycles. The number of amides is 1. The summed E-state index contributed by atoms with van der Waals surface area (Å²) in [6, 6.07) is 2.63. The molecule has 1 aliphatic carbocycles. The van der Waals surface area contributed by atoms with Crippen LogP contribution in [0.1, 0.15) is 36.3 Å². The van der Waals surface area contributed by atoms with Gasteiger partial charge in [-0.15, -0.1) is 0 Å². The minimum atomic E-state index is -0.573. The smallest absolute Gasteiger partial charge is 0.286 e. The Balaban J connectivity index is 1.62. The van der Waals surface area contributed by atoms with Crippen molar-refractivity contribution in [3.63, 3.8) is 0 Å². The molecule has 1 aromatic rings. The van der Waals surface area contributed by atoms with E-state index in [1.54, 1.807) is 6.20 Å². The number of nitrogens with two attached hydrogens (primary N) is 1. The summed E-state index contributed by atoms with van der Waals surface area (Å²) in [6.07, 6.45) is 7.04. The van der Waals surface area contributed by atoms with E-state index in [1.165, 1.54) is 25.7 Å². The SMILES string of the molecule is NC(=O)c1nccc(N2CCN(C3CCCC3)CC2)n1. The van der Waals surface area contributed by atoms with E-state index in [1.807, 2.05) is 6.07 Å². The van der Waals surface area contributed by atoms with Crippen LogP contribution in [0.2, 0.25) is 0 Å². The number of rotatable bonds is 3. The molecule has 0 spiro atoms. The molecule has 108 valence electrons. The number of nitrogens with zero attached hydrogens (tertiary/aromatic N) is 4. The lowest BCUT2D eigenvalue weighted by molar-refractivity contribution is 0.0990. The van der Waals surface area contributed by atoms with Gasteiger partial charge in [-0.2, -0.15) is 0 Å². The summed E-state index contributed by atoms with van der Waals surface area (Å²) < 4.78 is 0. The van der Waals surface area contributed by atoms with Crippen LogP contribution in [0.3, 0.4) is 0 Å². The summed E-state index contributed by atoms with van der Waals surface area (Å²) in [6.45, 7) is 4.04. The van der Waals surface area contributed by atoms with Crippen LogP contribution in [-0.2, 0) is 0 Å². The quantitative estimate of drug-likeness (QED) is 0.876. The van der Waals surface area contributed by atoms with Gasteiger partial charge in [0, 0.05) is 38.4 Å². The first kappa shape index (κ1) is 13.3. The predicted octanol–water partition coefficient (Wildman–Crippen LogP) is 0.640. The first-order valence-electron chi connectivity index (χ1n) is 7.36. The zero-order chi connectivity index (χ0) is 13.9. The summed E-state index contributed by atoms with van der Waals surface area (Å²) in [7, 11) is 0. The highest BCUT2D eigenvalue weighted by Crippen LogP contribution is 2.25. The average molecular weight is 275 g/mol. The maximum Gasteiger partial charge on any atom is 0.286 e. The molecular formula is C14H21N5O. The Kier molecular flexibility index (Phi) is 3.82. The lowest BCUT2D eigenvalue weighted by Gasteiger charge is -2.38. The molecule has 0 bridgehead atoms. The lowest BCUT2D eigenvalue weighted by Crippen LogP contribution is -2.50. The van der Waals surface area contributed by atoms with Gasteiger partial charge in [0.25, 0.3) is 5.91 Å². The van der Waals surface area contributed by atoms with E-state index in [0.29, 0.717) is 0 Å². The second-order valence-corrected chi connectivity index (χ2v) is 5.56. The minimum Gasteiger partial charge on any atom is -0.363 e. The van der Waals surface area contributed by atoms with Crippen molar-refractivity contribution in [3.8, 4) is 0 Å². The van der Waals surface area contributed by atoms with Crippen molar-refractivity contribution in [2.75, 3.05) is 31.1 Å². The van der Waals surface area contributed by atoms with E-state index in [-0.39, 0.29) is 5.82 Å². The normalized spacial score (nSPS) is 21.3. The van der Waals surface area contributed by atoms with Crippen molar-refractivity contribution in [1.29, 1.82) is 0 Å². The highest BCUT2D eigenvalue weighted by atomic mass is 16.1. The molecule has 20 heavy (non-hydrogen) atoms. The fraction of sp³-hybridized carbons (Fsp3) is 0.643. The van der Waals surface area contributed by atoms with Gasteiger partial charge in [0.05, 0.1) is 0 Å². The fourth-order valence-corrected chi connectivity index (χ4v) is 3.23. The molecular weight excluding hydrogens is 254 g/mol. The van der Waals surface area contributed by atoms with Gasteiger partial charge in [0.2, 0.25) is 5.82 Å². The van der Waals surface area contributed by atoms with Gasteiger partial charge in [-0.3, -0.25) is 9.69 Å². The van der Waals surface area contributed by atoms with Crippen molar-refractivity contribution >= 4 is 11.7 Å². The molecule has 6 heteroatoms. The Morgan fingerprint density at radius 3 is 2.55 bits per heavy atom. The van der Waals surface area contributed by atoms with E-state index < -0.39 is 5.91 Å². The largest absolute Gasteiger partial charge is 0.363 e. The average Bonchev–Trinajstić information content (AvgIpc) is 3.02. The number of hydrogen-bond donors (Lipinski definition) is 1. The van der Waals surface area contributed by atoms with Crippen LogP contribution in [0.5, 0.6) is 0 Å².